The van der Waals surface area contributed by atoms with E-state index in [4.69, 9.17) is 10.5 Å². The molecule has 1 unspecified atom stereocenters. The van der Waals surface area contributed by atoms with Crippen molar-refractivity contribution in [2.45, 2.75) is 25.5 Å². The maximum absolute atomic E-state index is 13.8. The number of ether oxygens (including phenoxy) is 1. The number of rotatable bonds is 1. The first kappa shape index (κ1) is 13.1. The smallest absolute Gasteiger partial charge is 0.133 e. The normalized spacial score (nSPS) is 21.2. The van der Waals surface area contributed by atoms with Crippen LogP contribution in [0.5, 0.6) is 5.75 Å². The van der Waals surface area contributed by atoms with E-state index in [0.29, 0.717) is 12.2 Å². The van der Waals surface area contributed by atoms with E-state index >= 15 is 0 Å². The highest BCUT2D eigenvalue weighted by atomic mass is 19.1. The minimum Gasteiger partial charge on any atom is -0.485 e. The van der Waals surface area contributed by atoms with Crippen LogP contribution in [0, 0.1) is 18.6 Å². The van der Waals surface area contributed by atoms with Gasteiger partial charge in [0, 0.05) is 18.0 Å². The maximum atomic E-state index is 13.8. The molecule has 2 atom stereocenters. The van der Waals surface area contributed by atoms with Crippen LogP contribution < -0.4 is 10.5 Å². The van der Waals surface area contributed by atoms with Gasteiger partial charge in [-0.2, -0.15) is 0 Å². The standard InChI is InChI=1S/C16H15F2NO/c1-9-5-6-14-10(7-9)13(19)8-15(20-14)16-11(17)3-2-4-12(16)18/h2-7,13,15H,8,19H2,1H3/t13-,15?/m1/s1. The third-order valence-electron chi connectivity index (χ3n) is 3.62. The van der Waals surface area contributed by atoms with Crippen molar-refractivity contribution in [3.8, 4) is 5.75 Å². The summed E-state index contributed by atoms with van der Waals surface area (Å²) in [6, 6.07) is 9.17. The van der Waals surface area contributed by atoms with Gasteiger partial charge < -0.3 is 10.5 Å². The summed E-state index contributed by atoms with van der Waals surface area (Å²) in [4.78, 5) is 0. The number of hydrogen-bond acceptors (Lipinski definition) is 2. The van der Waals surface area contributed by atoms with Crippen molar-refractivity contribution in [1.29, 1.82) is 0 Å². The van der Waals surface area contributed by atoms with Crippen LogP contribution in [0.1, 0.15) is 35.3 Å². The molecular formula is C16H15F2NO. The van der Waals surface area contributed by atoms with E-state index in [2.05, 4.69) is 0 Å². The van der Waals surface area contributed by atoms with Gasteiger partial charge in [-0.1, -0.05) is 23.8 Å². The van der Waals surface area contributed by atoms with Gasteiger partial charge in [0.15, 0.2) is 0 Å². The predicted octanol–water partition coefficient (Wildman–Crippen LogP) is 3.80. The van der Waals surface area contributed by atoms with Gasteiger partial charge in [0.05, 0.1) is 5.56 Å². The molecule has 0 amide bonds. The van der Waals surface area contributed by atoms with Crippen LogP contribution >= 0.6 is 0 Å². The summed E-state index contributed by atoms with van der Waals surface area (Å²) in [5, 5.41) is 0. The monoisotopic (exact) mass is 275 g/mol. The minimum absolute atomic E-state index is 0.0471. The van der Waals surface area contributed by atoms with Crippen LogP contribution in [-0.2, 0) is 0 Å². The summed E-state index contributed by atoms with van der Waals surface area (Å²) in [6.45, 7) is 1.97. The van der Waals surface area contributed by atoms with Crippen LogP contribution in [0.3, 0.4) is 0 Å². The molecular weight excluding hydrogens is 260 g/mol. The van der Waals surface area contributed by atoms with E-state index in [1.807, 2.05) is 19.1 Å². The molecule has 2 aromatic carbocycles. The Morgan fingerprint density at radius 2 is 1.85 bits per heavy atom. The molecule has 104 valence electrons. The van der Waals surface area contributed by atoms with Gasteiger partial charge in [0.1, 0.15) is 23.5 Å². The van der Waals surface area contributed by atoms with Crippen molar-refractivity contribution >= 4 is 0 Å². The zero-order valence-corrected chi connectivity index (χ0v) is 11.1. The largest absolute Gasteiger partial charge is 0.485 e. The third kappa shape index (κ3) is 2.16. The van der Waals surface area contributed by atoms with Gasteiger partial charge in [-0.3, -0.25) is 0 Å². The summed E-state index contributed by atoms with van der Waals surface area (Å²) < 4.78 is 33.4. The quantitative estimate of drug-likeness (QED) is 0.859. The maximum Gasteiger partial charge on any atom is 0.133 e. The van der Waals surface area contributed by atoms with E-state index in [9.17, 15) is 8.78 Å². The van der Waals surface area contributed by atoms with Crippen molar-refractivity contribution in [3.63, 3.8) is 0 Å². The Balaban J connectivity index is 2.01. The molecule has 3 rings (SSSR count). The van der Waals surface area contributed by atoms with E-state index in [1.54, 1.807) is 6.07 Å². The molecule has 2 nitrogen and oxygen atoms in total. The summed E-state index contributed by atoms with van der Waals surface area (Å²) in [7, 11) is 0. The number of aryl methyl sites for hydroxylation is 1. The molecule has 20 heavy (non-hydrogen) atoms. The molecule has 2 aromatic rings. The summed E-state index contributed by atoms with van der Waals surface area (Å²) in [5.41, 5.74) is 8.04. The Morgan fingerprint density at radius 1 is 1.15 bits per heavy atom. The molecule has 0 radical (unpaired) electrons. The topological polar surface area (TPSA) is 35.2 Å². The predicted molar refractivity (Wildman–Crippen MR) is 72.5 cm³/mol. The highest BCUT2D eigenvalue weighted by Gasteiger charge is 2.30. The number of fused-ring (bicyclic) bond motifs is 1. The Kier molecular flexibility index (Phi) is 3.18. The summed E-state index contributed by atoms with van der Waals surface area (Å²) in [6.07, 6.45) is -0.338. The van der Waals surface area contributed by atoms with E-state index < -0.39 is 17.7 Å². The Hall–Kier alpha value is -1.94. The minimum atomic E-state index is -0.693. The molecule has 0 spiro atoms. The Labute approximate surface area is 116 Å². The molecule has 1 aliphatic heterocycles. The molecule has 2 N–H and O–H groups in total. The Morgan fingerprint density at radius 3 is 2.55 bits per heavy atom. The van der Waals surface area contributed by atoms with E-state index in [0.717, 1.165) is 11.1 Å². The van der Waals surface area contributed by atoms with Crippen molar-refractivity contribution in [2.75, 3.05) is 0 Å². The molecule has 0 aromatic heterocycles. The fraction of sp³-hybridized carbons (Fsp3) is 0.250. The lowest BCUT2D eigenvalue weighted by atomic mass is 9.92. The zero-order chi connectivity index (χ0) is 14.3. The number of benzene rings is 2. The van der Waals surface area contributed by atoms with Gasteiger partial charge in [-0.25, -0.2) is 8.78 Å². The highest BCUT2D eigenvalue weighted by Crippen LogP contribution is 2.41. The van der Waals surface area contributed by atoms with E-state index in [1.165, 1.54) is 18.2 Å². The molecule has 1 aliphatic rings. The second-order valence-corrected chi connectivity index (χ2v) is 5.13. The van der Waals surface area contributed by atoms with Crippen LogP contribution in [0.4, 0.5) is 8.78 Å². The number of hydrogen-bond donors (Lipinski definition) is 1. The first-order chi connectivity index (χ1) is 9.56. The first-order valence-electron chi connectivity index (χ1n) is 6.53. The summed E-state index contributed by atoms with van der Waals surface area (Å²) >= 11 is 0. The second kappa shape index (κ2) is 4.87. The molecule has 0 aliphatic carbocycles. The van der Waals surface area contributed by atoms with Crippen molar-refractivity contribution in [3.05, 3.63) is 64.7 Å². The number of halogens is 2. The fourth-order valence-electron chi connectivity index (χ4n) is 2.62. The van der Waals surface area contributed by atoms with Gasteiger partial charge >= 0.3 is 0 Å². The van der Waals surface area contributed by atoms with Crippen molar-refractivity contribution in [1.82, 2.24) is 0 Å². The molecule has 0 saturated carbocycles. The van der Waals surface area contributed by atoms with Crippen LogP contribution in [0.25, 0.3) is 0 Å². The Bertz CT molecular complexity index is 637. The van der Waals surface area contributed by atoms with Gasteiger partial charge in [0.25, 0.3) is 0 Å². The van der Waals surface area contributed by atoms with Gasteiger partial charge in [-0.05, 0) is 25.1 Å². The SMILES string of the molecule is Cc1ccc2c(c1)[C@H](N)CC(c1c(F)cccc1F)O2. The molecule has 4 heteroatoms. The second-order valence-electron chi connectivity index (χ2n) is 5.13. The zero-order valence-electron chi connectivity index (χ0n) is 11.1. The average Bonchev–Trinajstić information content (AvgIpc) is 2.39. The van der Waals surface area contributed by atoms with Crippen LogP contribution in [-0.4, -0.2) is 0 Å². The van der Waals surface area contributed by atoms with Crippen molar-refractivity contribution in [2.24, 2.45) is 5.73 Å². The van der Waals surface area contributed by atoms with E-state index in [-0.39, 0.29) is 11.6 Å². The molecule has 1 heterocycles. The summed E-state index contributed by atoms with van der Waals surface area (Å²) in [5.74, 6) is -0.600. The lowest BCUT2D eigenvalue weighted by Gasteiger charge is -2.31. The van der Waals surface area contributed by atoms with Gasteiger partial charge in [-0.15, -0.1) is 0 Å². The third-order valence-corrected chi connectivity index (χ3v) is 3.62. The van der Waals surface area contributed by atoms with Gasteiger partial charge in [0.2, 0.25) is 0 Å². The number of nitrogens with two attached hydrogens (primary N) is 1. The fourth-order valence-corrected chi connectivity index (χ4v) is 2.62. The molecule has 0 saturated heterocycles. The highest BCUT2D eigenvalue weighted by molar-refractivity contribution is 5.42. The molecule has 0 bridgehead atoms. The first-order valence-corrected chi connectivity index (χ1v) is 6.53. The average molecular weight is 275 g/mol. The lowest BCUT2D eigenvalue weighted by Crippen LogP contribution is -2.25. The van der Waals surface area contributed by atoms with Crippen molar-refractivity contribution < 1.29 is 13.5 Å². The lowest BCUT2D eigenvalue weighted by molar-refractivity contribution is 0.153. The molecule has 0 fully saturated rings. The van der Waals surface area contributed by atoms with Crippen LogP contribution in [0.2, 0.25) is 0 Å². The van der Waals surface area contributed by atoms with Crippen LogP contribution in [0.15, 0.2) is 36.4 Å².